The largest absolute Gasteiger partial charge is 0.338 e. The second-order valence-corrected chi connectivity index (χ2v) is 8.59. The molecule has 1 fully saturated rings. The Balaban J connectivity index is 1.42. The van der Waals surface area contributed by atoms with Crippen molar-refractivity contribution in [1.29, 1.82) is 0 Å². The summed E-state index contributed by atoms with van der Waals surface area (Å²) in [7, 11) is 0. The van der Waals surface area contributed by atoms with Gasteiger partial charge in [-0.3, -0.25) is 19.4 Å². The zero-order chi connectivity index (χ0) is 22.2. The van der Waals surface area contributed by atoms with Crippen molar-refractivity contribution in [3.8, 4) is 11.1 Å². The molecule has 162 valence electrons. The van der Waals surface area contributed by atoms with Gasteiger partial charge in [0.2, 0.25) is 5.91 Å². The van der Waals surface area contributed by atoms with Gasteiger partial charge in [-0.1, -0.05) is 12.1 Å². The highest BCUT2D eigenvalue weighted by molar-refractivity contribution is 5.94. The molecule has 2 atom stereocenters. The molecule has 5 rings (SSSR count). The molecular formula is C25H24N4O3. The normalized spacial score (nSPS) is 19.2. The number of rotatable bonds is 3. The molecule has 2 aliphatic rings. The lowest BCUT2D eigenvalue weighted by atomic mass is 9.82. The van der Waals surface area contributed by atoms with Gasteiger partial charge in [0.1, 0.15) is 0 Å². The lowest BCUT2D eigenvalue weighted by Gasteiger charge is -2.43. The Hall–Kier alpha value is -3.74. The van der Waals surface area contributed by atoms with Gasteiger partial charge < -0.3 is 14.8 Å². The van der Waals surface area contributed by atoms with Crippen molar-refractivity contribution < 1.29 is 9.59 Å². The number of anilines is 1. The van der Waals surface area contributed by atoms with E-state index in [1.165, 1.54) is 6.92 Å². The highest BCUT2D eigenvalue weighted by Crippen LogP contribution is 2.36. The van der Waals surface area contributed by atoms with Crippen LogP contribution < -0.4 is 10.9 Å². The monoisotopic (exact) mass is 428 g/mol. The Morgan fingerprint density at radius 1 is 0.969 bits per heavy atom. The van der Waals surface area contributed by atoms with E-state index in [0.29, 0.717) is 36.4 Å². The molecule has 2 aromatic heterocycles. The topological polar surface area (TPSA) is 84.3 Å². The fourth-order valence-corrected chi connectivity index (χ4v) is 4.94. The van der Waals surface area contributed by atoms with Crippen LogP contribution in [0.4, 0.5) is 5.69 Å². The number of carbonyl (C=O) groups excluding carboxylic acids is 2. The molecule has 7 nitrogen and oxygen atoms in total. The summed E-state index contributed by atoms with van der Waals surface area (Å²) >= 11 is 0. The average molecular weight is 428 g/mol. The van der Waals surface area contributed by atoms with Gasteiger partial charge in [0.05, 0.1) is 0 Å². The number of nitrogens with one attached hydrogen (secondary N) is 1. The van der Waals surface area contributed by atoms with E-state index in [0.717, 1.165) is 17.7 Å². The third kappa shape index (κ3) is 3.70. The smallest absolute Gasteiger partial charge is 0.258 e. The van der Waals surface area contributed by atoms with Crippen LogP contribution in [0.15, 0.2) is 65.7 Å². The number of carbonyl (C=O) groups is 2. The van der Waals surface area contributed by atoms with Gasteiger partial charge in [0.25, 0.3) is 11.5 Å². The molecule has 3 aromatic rings. The minimum absolute atomic E-state index is 0.00149. The number of pyridine rings is 2. The summed E-state index contributed by atoms with van der Waals surface area (Å²) in [6.45, 7) is 3.34. The average Bonchev–Trinajstić information content (AvgIpc) is 2.80. The number of aromatic nitrogens is 2. The number of nitrogens with zero attached hydrogens (tertiary/aromatic N) is 3. The van der Waals surface area contributed by atoms with Crippen LogP contribution in [0.2, 0.25) is 0 Å². The van der Waals surface area contributed by atoms with Crippen LogP contribution in [0, 0.1) is 5.92 Å². The lowest BCUT2D eigenvalue weighted by Crippen LogP contribution is -2.49. The van der Waals surface area contributed by atoms with E-state index in [9.17, 15) is 14.4 Å². The molecule has 0 unspecified atom stereocenters. The van der Waals surface area contributed by atoms with Gasteiger partial charge in [-0.25, -0.2) is 0 Å². The standard InChI is InChI=1S/C25H24N4O3/c1-16(30)27-21-4-2-18(3-5-21)22-6-7-23-20-12-17(14-29(23)25(22)32)13-28(15-20)24(31)19-8-10-26-11-9-19/h2-11,17,20H,12-15H2,1H3,(H,27,30)/t17-,20+/m0/s1. The molecule has 0 aliphatic carbocycles. The molecule has 1 saturated heterocycles. The maximum atomic E-state index is 13.4. The third-order valence-electron chi connectivity index (χ3n) is 6.34. The maximum Gasteiger partial charge on any atom is 0.258 e. The first kappa shape index (κ1) is 20.2. The molecule has 2 bridgehead atoms. The van der Waals surface area contributed by atoms with Crippen LogP contribution in [-0.4, -0.2) is 39.4 Å². The fourth-order valence-electron chi connectivity index (χ4n) is 4.94. The van der Waals surface area contributed by atoms with Gasteiger partial charge in [0.15, 0.2) is 0 Å². The van der Waals surface area contributed by atoms with E-state index < -0.39 is 0 Å². The van der Waals surface area contributed by atoms with Gasteiger partial charge in [0, 0.05) is 67.4 Å². The Morgan fingerprint density at radius 2 is 1.72 bits per heavy atom. The van der Waals surface area contributed by atoms with Gasteiger partial charge in [-0.15, -0.1) is 0 Å². The van der Waals surface area contributed by atoms with E-state index in [4.69, 9.17) is 0 Å². The molecule has 7 heteroatoms. The first-order valence-corrected chi connectivity index (χ1v) is 10.8. The molecule has 1 aromatic carbocycles. The first-order valence-electron chi connectivity index (χ1n) is 10.8. The van der Waals surface area contributed by atoms with Crippen LogP contribution in [0.3, 0.4) is 0 Å². The second kappa shape index (κ2) is 8.07. The zero-order valence-corrected chi connectivity index (χ0v) is 17.8. The number of hydrogen-bond acceptors (Lipinski definition) is 4. The lowest BCUT2D eigenvalue weighted by molar-refractivity contribution is -0.114. The highest BCUT2D eigenvalue weighted by Gasteiger charge is 2.36. The maximum absolute atomic E-state index is 13.4. The minimum Gasteiger partial charge on any atom is -0.338 e. The van der Waals surface area contributed by atoms with Gasteiger partial charge in [-0.05, 0) is 54.3 Å². The number of benzene rings is 1. The van der Waals surface area contributed by atoms with E-state index in [-0.39, 0.29) is 29.2 Å². The van der Waals surface area contributed by atoms with Crippen LogP contribution >= 0.6 is 0 Å². The molecule has 4 heterocycles. The molecule has 0 spiro atoms. The number of amides is 2. The van der Waals surface area contributed by atoms with Crippen molar-refractivity contribution in [1.82, 2.24) is 14.5 Å². The molecule has 0 saturated carbocycles. The summed E-state index contributed by atoms with van der Waals surface area (Å²) in [5, 5.41) is 2.74. The third-order valence-corrected chi connectivity index (χ3v) is 6.34. The Labute approximate surface area is 185 Å². The molecule has 0 radical (unpaired) electrons. The van der Waals surface area contributed by atoms with Crippen LogP contribution in [0.1, 0.15) is 35.3 Å². The summed E-state index contributed by atoms with van der Waals surface area (Å²) in [6, 6.07) is 14.7. The predicted molar refractivity (Wildman–Crippen MR) is 121 cm³/mol. The second-order valence-electron chi connectivity index (χ2n) is 8.59. The molecule has 32 heavy (non-hydrogen) atoms. The van der Waals surface area contributed by atoms with E-state index in [1.807, 2.05) is 33.7 Å². The number of hydrogen-bond donors (Lipinski definition) is 1. The number of piperidine rings is 1. The number of fused-ring (bicyclic) bond motifs is 4. The van der Waals surface area contributed by atoms with E-state index in [2.05, 4.69) is 10.3 Å². The quantitative estimate of drug-likeness (QED) is 0.695. The first-order chi connectivity index (χ1) is 15.5. The summed E-state index contributed by atoms with van der Waals surface area (Å²) < 4.78 is 1.89. The van der Waals surface area contributed by atoms with Crippen molar-refractivity contribution in [3.05, 3.63) is 82.5 Å². The van der Waals surface area contributed by atoms with Gasteiger partial charge >= 0.3 is 0 Å². The van der Waals surface area contributed by atoms with Crippen molar-refractivity contribution in [2.75, 3.05) is 18.4 Å². The summed E-state index contributed by atoms with van der Waals surface area (Å²) in [5.74, 6) is 0.294. The molecule has 2 aliphatic heterocycles. The molecule has 1 N–H and O–H groups in total. The van der Waals surface area contributed by atoms with Crippen molar-refractivity contribution >= 4 is 17.5 Å². The SMILES string of the molecule is CC(=O)Nc1ccc(-c2ccc3n(c2=O)C[C@H]2C[C@@H]3CN(C(=O)c3ccncc3)C2)cc1. The Bertz CT molecular complexity index is 1230. The minimum atomic E-state index is -0.130. The summed E-state index contributed by atoms with van der Waals surface area (Å²) in [4.78, 5) is 43.4. The van der Waals surface area contributed by atoms with Crippen LogP contribution in [-0.2, 0) is 11.3 Å². The summed E-state index contributed by atoms with van der Waals surface area (Å²) in [5.41, 5.74) is 3.82. The fraction of sp³-hybridized carbons (Fsp3) is 0.280. The number of likely N-dealkylation sites (tertiary alicyclic amines) is 1. The van der Waals surface area contributed by atoms with Gasteiger partial charge in [-0.2, -0.15) is 0 Å². The Morgan fingerprint density at radius 3 is 2.44 bits per heavy atom. The summed E-state index contributed by atoms with van der Waals surface area (Å²) in [6.07, 6.45) is 4.26. The van der Waals surface area contributed by atoms with Crippen molar-refractivity contribution in [2.45, 2.75) is 25.8 Å². The van der Waals surface area contributed by atoms with Crippen molar-refractivity contribution in [3.63, 3.8) is 0 Å². The molecular weight excluding hydrogens is 404 g/mol. The Kier molecular flexibility index (Phi) is 5.09. The van der Waals surface area contributed by atoms with E-state index in [1.54, 1.807) is 36.7 Å². The molecule has 2 amide bonds. The van der Waals surface area contributed by atoms with E-state index >= 15 is 0 Å². The van der Waals surface area contributed by atoms with Crippen LogP contribution in [0.5, 0.6) is 0 Å². The van der Waals surface area contributed by atoms with Crippen LogP contribution in [0.25, 0.3) is 11.1 Å². The van der Waals surface area contributed by atoms with Crippen molar-refractivity contribution in [2.24, 2.45) is 5.92 Å². The highest BCUT2D eigenvalue weighted by atomic mass is 16.2. The zero-order valence-electron chi connectivity index (χ0n) is 17.8. The predicted octanol–water partition coefficient (Wildman–Crippen LogP) is 3.13.